The summed E-state index contributed by atoms with van der Waals surface area (Å²) < 4.78 is 1.88. The quantitative estimate of drug-likeness (QED) is 0.866. The predicted molar refractivity (Wildman–Crippen MR) is 95.0 cm³/mol. The minimum absolute atomic E-state index is 0.0397. The summed E-state index contributed by atoms with van der Waals surface area (Å²) in [5, 5.41) is 17.6. The molecule has 0 aliphatic heterocycles. The first-order chi connectivity index (χ1) is 11.3. The average Bonchev–Trinajstić information content (AvgIpc) is 2.75. The van der Waals surface area contributed by atoms with Crippen molar-refractivity contribution in [3.63, 3.8) is 0 Å². The van der Waals surface area contributed by atoms with Crippen LogP contribution in [0.2, 0.25) is 0 Å². The normalized spacial score (nSPS) is 22.2. The molecule has 2 amide bonds. The smallest absolute Gasteiger partial charge is 0.317 e. The lowest BCUT2D eigenvalue weighted by atomic mass is 9.86. The SMILES string of the molecule is Cc1nn(C)c(C)c1C[C@H](C)NC(=O)N(C)C[C@@H]1CCCC[C@H]1O. The van der Waals surface area contributed by atoms with Gasteiger partial charge in [-0.2, -0.15) is 5.10 Å². The van der Waals surface area contributed by atoms with Crippen LogP contribution in [0.3, 0.4) is 0 Å². The number of urea groups is 1. The molecule has 0 aromatic carbocycles. The zero-order valence-corrected chi connectivity index (χ0v) is 15.7. The van der Waals surface area contributed by atoms with Crippen LogP contribution in [0.25, 0.3) is 0 Å². The molecule has 1 aromatic rings. The molecule has 1 fully saturated rings. The summed E-state index contributed by atoms with van der Waals surface area (Å²) in [6.45, 7) is 6.70. The zero-order valence-electron chi connectivity index (χ0n) is 15.7. The van der Waals surface area contributed by atoms with Crippen molar-refractivity contribution in [3.8, 4) is 0 Å². The Balaban J connectivity index is 1.86. The summed E-state index contributed by atoms with van der Waals surface area (Å²) in [5.41, 5.74) is 3.37. The highest BCUT2D eigenvalue weighted by molar-refractivity contribution is 5.74. The van der Waals surface area contributed by atoms with Gasteiger partial charge in [-0.3, -0.25) is 4.68 Å². The number of aliphatic hydroxyl groups is 1. The third-order valence-electron chi connectivity index (χ3n) is 5.26. The Hall–Kier alpha value is -1.56. The van der Waals surface area contributed by atoms with Gasteiger partial charge in [-0.25, -0.2) is 4.79 Å². The van der Waals surface area contributed by atoms with Crippen LogP contribution in [0.15, 0.2) is 0 Å². The van der Waals surface area contributed by atoms with Gasteiger partial charge in [-0.15, -0.1) is 0 Å². The molecule has 0 bridgehead atoms. The summed E-state index contributed by atoms with van der Waals surface area (Å²) in [6, 6.07) is -0.0303. The van der Waals surface area contributed by atoms with E-state index in [-0.39, 0.29) is 24.1 Å². The van der Waals surface area contributed by atoms with Crippen molar-refractivity contribution < 1.29 is 9.90 Å². The Morgan fingerprint density at radius 1 is 1.42 bits per heavy atom. The summed E-state index contributed by atoms with van der Waals surface area (Å²) in [6.07, 6.45) is 4.60. The predicted octanol–water partition coefficient (Wildman–Crippen LogP) is 2.16. The number of amides is 2. The number of hydrogen-bond donors (Lipinski definition) is 2. The molecular formula is C18H32N4O2. The maximum Gasteiger partial charge on any atom is 0.317 e. The highest BCUT2D eigenvalue weighted by atomic mass is 16.3. The van der Waals surface area contributed by atoms with Crippen LogP contribution in [0.4, 0.5) is 4.79 Å². The van der Waals surface area contributed by atoms with E-state index in [4.69, 9.17) is 0 Å². The largest absolute Gasteiger partial charge is 0.393 e. The van der Waals surface area contributed by atoms with Crippen LogP contribution in [0.5, 0.6) is 0 Å². The molecule has 1 heterocycles. The van der Waals surface area contributed by atoms with E-state index in [0.29, 0.717) is 6.54 Å². The van der Waals surface area contributed by atoms with Gasteiger partial charge in [-0.05, 0) is 45.6 Å². The third kappa shape index (κ3) is 4.50. The highest BCUT2D eigenvalue weighted by Crippen LogP contribution is 2.24. The number of hydrogen-bond acceptors (Lipinski definition) is 3. The molecule has 6 heteroatoms. The van der Waals surface area contributed by atoms with E-state index in [9.17, 15) is 9.90 Å². The minimum atomic E-state index is -0.271. The Kier molecular flexibility index (Phi) is 6.27. The first kappa shape index (κ1) is 18.8. The van der Waals surface area contributed by atoms with Crippen LogP contribution in [0, 0.1) is 19.8 Å². The Morgan fingerprint density at radius 2 is 2.08 bits per heavy atom. The standard InChI is InChI=1S/C18H32N4O2/c1-12(10-16-13(2)20-22(5)14(16)3)19-18(24)21(4)11-15-8-6-7-9-17(15)23/h12,15,17,23H,6-11H2,1-5H3,(H,19,24)/t12-,15-,17+/m0/s1. The monoisotopic (exact) mass is 336 g/mol. The summed E-state index contributed by atoms with van der Waals surface area (Å²) in [4.78, 5) is 14.1. The van der Waals surface area contributed by atoms with E-state index in [1.807, 2.05) is 32.6 Å². The van der Waals surface area contributed by atoms with Gasteiger partial charge in [0.1, 0.15) is 0 Å². The van der Waals surface area contributed by atoms with Gasteiger partial charge < -0.3 is 15.3 Å². The van der Waals surface area contributed by atoms with Crippen molar-refractivity contribution in [2.45, 2.75) is 65.0 Å². The molecule has 136 valence electrons. The van der Waals surface area contributed by atoms with Crippen molar-refractivity contribution in [2.75, 3.05) is 13.6 Å². The van der Waals surface area contributed by atoms with Gasteiger partial charge in [0.2, 0.25) is 0 Å². The Bertz CT molecular complexity index is 570. The van der Waals surface area contributed by atoms with Gasteiger partial charge in [0.05, 0.1) is 11.8 Å². The second kappa shape index (κ2) is 8.01. The fourth-order valence-electron chi connectivity index (χ4n) is 3.63. The lowest BCUT2D eigenvalue weighted by Gasteiger charge is -2.31. The van der Waals surface area contributed by atoms with E-state index < -0.39 is 0 Å². The molecule has 1 aliphatic carbocycles. The first-order valence-electron chi connectivity index (χ1n) is 8.98. The number of aryl methyl sites for hydroxylation is 2. The number of nitrogens with one attached hydrogen (secondary N) is 1. The van der Waals surface area contributed by atoms with Gasteiger partial charge >= 0.3 is 6.03 Å². The van der Waals surface area contributed by atoms with E-state index in [2.05, 4.69) is 17.3 Å². The van der Waals surface area contributed by atoms with Crippen LogP contribution in [0.1, 0.15) is 49.6 Å². The van der Waals surface area contributed by atoms with Crippen LogP contribution in [-0.4, -0.2) is 51.6 Å². The molecule has 0 saturated heterocycles. The van der Waals surface area contributed by atoms with Crippen molar-refractivity contribution >= 4 is 6.03 Å². The second-order valence-corrected chi connectivity index (χ2v) is 7.32. The molecule has 2 N–H and O–H groups in total. The molecule has 3 atom stereocenters. The Morgan fingerprint density at radius 3 is 2.67 bits per heavy atom. The van der Waals surface area contributed by atoms with Crippen molar-refractivity contribution in [2.24, 2.45) is 13.0 Å². The van der Waals surface area contributed by atoms with E-state index >= 15 is 0 Å². The molecular weight excluding hydrogens is 304 g/mol. The fraction of sp³-hybridized carbons (Fsp3) is 0.778. The molecule has 1 saturated carbocycles. The molecule has 0 radical (unpaired) electrons. The highest BCUT2D eigenvalue weighted by Gasteiger charge is 2.26. The van der Waals surface area contributed by atoms with Crippen LogP contribution < -0.4 is 5.32 Å². The average molecular weight is 336 g/mol. The second-order valence-electron chi connectivity index (χ2n) is 7.32. The number of carbonyl (C=O) groups excluding carboxylic acids is 1. The summed E-state index contributed by atoms with van der Waals surface area (Å²) >= 11 is 0. The maximum absolute atomic E-state index is 12.4. The first-order valence-corrected chi connectivity index (χ1v) is 8.98. The lowest BCUT2D eigenvalue weighted by Crippen LogP contribution is -2.46. The van der Waals surface area contributed by atoms with Gasteiger partial charge in [0.25, 0.3) is 0 Å². The number of aliphatic hydroxyl groups excluding tert-OH is 1. The van der Waals surface area contributed by atoms with Gasteiger partial charge in [-0.1, -0.05) is 12.8 Å². The third-order valence-corrected chi connectivity index (χ3v) is 5.26. The molecule has 0 spiro atoms. The topological polar surface area (TPSA) is 70.4 Å². The molecule has 1 aliphatic rings. The van der Waals surface area contributed by atoms with E-state index in [0.717, 1.165) is 43.5 Å². The number of rotatable bonds is 5. The zero-order chi connectivity index (χ0) is 17.9. The molecule has 0 unspecified atom stereocenters. The minimum Gasteiger partial charge on any atom is -0.393 e. The van der Waals surface area contributed by atoms with Crippen molar-refractivity contribution in [1.29, 1.82) is 0 Å². The molecule has 24 heavy (non-hydrogen) atoms. The molecule has 1 aromatic heterocycles. The van der Waals surface area contributed by atoms with Crippen molar-refractivity contribution in [3.05, 3.63) is 17.0 Å². The van der Waals surface area contributed by atoms with E-state index in [1.54, 1.807) is 4.90 Å². The number of carbonyl (C=O) groups is 1. The van der Waals surface area contributed by atoms with Crippen LogP contribution in [-0.2, 0) is 13.5 Å². The van der Waals surface area contributed by atoms with Crippen molar-refractivity contribution in [1.82, 2.24) is 20.0 Å². The van der Waals surface area contributed by atoms with E-state index in [1.165, 1.54) is 5.56 Å². The molecule has 2 rings (SSSR count). The van der Waals surface area contributed by atoms with Crippen LogP contribution >= 0.6 is 0 Å². The summed E-state index contributed by atoms with van der Waals surface area (Å²) in [7, 11) is 3.75. The summed E-state index contributed by atoms with van der Waals surface area (Å²) in [5.74, 6) is 0.201. The Labute approximate surface area is 145 Å². The maximum atomic E-state index is 12.4. The number of nitrogens with zero attached hydrogens (tertiary/aromatic N) is 3. The fourth-order valence-corrected chi connectivity index (χ4v) is 3.63. The lowest BCUT2D eigenvalue weighted by molar-refractivity contribution is 0.0563. The molecule has 6 nitrogen and oxygen atoms in total. The van der Waals surface area contributed by atoms with Gasteiger partial charge in [0.15, 0.2) is 0 Å². The number of aromatic nitrogens is 2. The van der Waals surface area contributed by atoms with Gasteiger partial charge in [0, 0.05) is 38.3 Å².